The standard InChI is InChI=1S/C15H20FN3/c1-3-7-19-11-13(10-18-19)14-8-12(9-17-4-2)5-6-15(14)16/h5-6,8,10-11,17H,3-4,7,9H2,1-2H3. The normalized spacial score (nSPS) is 10.9. The van der Waals surface area contributed by atoms with E-state index in [2.05, 4.69) is 24.3 Å². The highest BCUT2D eigenvalue weighted by atomic mass is 19.1. The summed E-state index contributed by atoms with van der Waals surface area (Å²) in [5.41, 5.74) is 2.54. The van der Waals surface area contributed by atoms with Crippen molar-refractivity contribution in [3.63, 3.8) is 0 Å². The minimum Gasteiger partial charge on any atom is -0.313 e. The van der Waals surface area contributed by atoms with E-state index >= 15 is 0 Å². The van der Waals surface area contributed by atoms with Gasteiger partial charge >= 0.3 is 0 Å². The molecule has 0 amide bonds. The Bertz CT molecular complexity index is 534. The summed E-state index contributed by atoms with van der Waals surface area (Å²) >= 11 is 0. The quantitative estimate of drug-likeness (QED) is 0.865. The summed E-state index contributed by atoms with van der Waals surface area (Å²) in [5, 5.41) is 7.49. The predicted octanol–water partition coefficient (Wildman–Crippen LogP) is 3.21. The topological polar surface area (TPSA) is 29.9 Å². The molecule has 0 saturated heterocycles. The van der Waals surface area contributed by atoms with E-state index in [0.29, 0.717) is 5.56 Å². The van der Waals surface area contributed by atoms with Gasteiger partial charge in [0.1, 0.15) is 5.82 Å². The van der Waals surface area contributed by atoms with Crippen LogP contribution in [-0.2, 0) is 13.1 Å². The Morgan fingerprint density at radius 3 is 2.89 bits per heavy atom. The number of hydrogen-bond donors (Lipinski definition) is 1. The summed E-state index contributed by atoms with van der Waals surface area (Å²) in [6.45, 7) is 6.67. The van der Waals surface area contributed by atoms with Crippen molar-refractivity contribution in [2.24, 2.45) is 0 Å². The maximum Gasteiger partial charge on any atom is 0.131 e. The van der Waals surface area contributed by atoms with Gasteiger partial charge in [-0.05, 0) is 30.7 Å². The molecule has 0 radical (unpaired) electrons. The maximum atomic E-state index is 13.9. The molecule has 0 atom stereocenters. The zero-order chi connectivity index (χ0) is 13.7. The van der Waals surface area contributed by atoms with E-state index in [9.17, 15) is 4.39 Å². The number of rotatable bonds is 6. The zero-order valence-electron chi connectivity index (χ0n) is 11.5. The molecular weight excluding hydrogens is 241 g/mol. The molecule has 1 N–H and O–H groups in total. The van der Waals surface area contributed by atoms with Gasteiger partial charge in [0.15, 0.2) is 0 Å². The fourth-order valence-electron chi connectivity index (χ4n) is 2.03. The lowest BCUT2D eigenvalue weighted by molar-refractivity contribution is 0.602. The molecule has 0 unspecified atom stereocenters. The van der Waals surface area contributed by atoms with Gasteiger partial charge in [0.25, 0.3) is 0 Å². The molecule has 3 nitrogen and oxygen atoms in total. The molecule has 4 heteroatoms. The van der Waals surface area contributed by atoms with Gasteiger partial charge in [0, 0.05) is 30.4 Å². The van der Waals surface area contributed by atoms with Crippen LogP contribution in [0.5, 0.6) is 0 Å². The van der Waals surface area contributed by atoms with Crippen molar-refractivity contribution in [3.05, 3.63) is 42.0 Å². The molecule has 0 spiro atoms. The number of nitrogens with one attached hydrogen (secondary N) is 1. The van der Waals surface area contributed by atoms with Crippen molar-refractivity contribution < 1.29 is 4.39 Å². The van der Waals surface area contributed by atoms with Gasteiger partial charge in [-0.3, -0.25) is 4.68 Å². The van der Waals surface area contributed by atoms with Crippen LogP contribution in [0.2, 0.25) is 0 Å². The van der Waals surface area contributed by atoms with E-state index in [1.807, 2.05) is 23.0 Å². The van der Waals surface area contributed by atoms with Crippen molar-refractivity contribution in [1.82, 2.24) is 15.1 Å². The van der Waals surface area contributed by atoms with Gasteiger partial charge in [-0.2, -0.15) is 5.10 Å². The molecule has 0 saturated carbocycles. The van der Waals surface area contributed by atoms with Crippen molar-refractivity contribution in [3.8, 4) is 11.1 Å². The average molecular weight is 261 g/mol. The Morgan fingerprint density at radius 2 is 2.16 bits per heavy atom. The predicted molar refractivity (Wildman–Crippen MR) is 75.3 cm³/mol. The van der Waals surface area contributed by atoms with E-state index in [0.717, 1.165) is 37.2 Å². The Balaban J connectivity index is 2.26. The Morgan fingerprint density at radius 1 is 1.32 bits per heavy atom. The fraction of sp³-hybridized carbons (Fsp3) is 0.400. The summed E-state index contributed by atoms with van der Waals surface area (Å²) in [5.74, 6) is -0.198. The molecule has 19 heavy (non-hydrogen) atoms. The Labute approximate surface area is 113 Å². The maximum absolute atomic E-state index is 13.9. The molecule has 0 bridgehead atoms. The highest BCUT2D eigenvalue weighted by Crippen LogP contribution is 2.23. The lowest BCUT2D eigenvalue weighted by atomic mass is 10.1. The number of nitrogens with zero attached hydrogens (tertiary/aromatic N) is 2. The number of aromatic nitrogens is 2. The van der Waals surface area contributed by atoms with E-state index in [1.54, 1.807) is 6.20 Å². The number of benzene rings is 1. The smallest absolute Gasteiger partial charge is 0.131 e. The van der Waals surface area contributed by atoms with E-state index < -0.39 is 0 Å². The van der Waals surface area contributed by atoms with Crippen LogP contribution in [0.4, 0.5) is 4.39 Å². The molecule has 2 aromatic rings. The van der Waals surface area contributed by atoms with Gasteiger partial charge in [0.2, 0.25) is 0 Å². The van der Waals surface area contributed by atoms with Gasteiger partial charge in [-0.15, -0.1) is 0 Å². The second-order valence-corrected chi connectivity index (χ2v) is 4.59. The van der Waals surface area contributed by atoms with Crippen molar-refractivity contribution >= 4 is 0 Å². The lowest BCUT2D eigenvalue weighted by Gasteiger charge is -2.06. The van der Waals surface area contributed by atoms with Crippen LogP contribution in [0.25, 0.3) is 11.1 Å². The average Bonchev–Trinajstić information content (AvgIpc) is 2.87. The van der Waals surface area contributed by atoms with Gasteiger partial charge < -0.3 is 5.32 Å². The number of aryl methyl sites for hydroxylation is 1. The molecule has 1 aromatic carbocycles. The monoisotopic (exact) mass is 261 g/mol. The third kappa shape index (κ3) is 3.41. The molecule has 2 rings (SSSR count). The third-order valence-corrected chi connectivity index (χ3v) is 3.01. The van der Waals surface area contributed by atoms with Crippen molar-refractivity contribution in [1.29, 1.82) is 0 Å². The van der Waals surface area contributed by atoms with Crippen LogP contribution in [0, 0.1) is 5.82 Å². The van der Waals surface area contributed by atoms with Crippen LogP contribution in [-0.4, -0.2) is 16.3 Å². The van der Waals surface area contributed by atoms with Gasteiger partial charge in [0.05, 0.1) is 6.20 Å². The molecule has 1 aromatic heterocycles. The van der Waals surface area contributed by atoms with Crippen LogP contribution < -0.4 is 5.32 Å². The third-order valence-electron chi connectivity index (χ3n) is 3.01. The second-order valence-electron chi connectivity index (χ2n) is 4.59. The molecule has 0 aliphatic rings. The minimum absolute atomic E-state index is 0.198. The zero-order valence-corrected chi connectivity index (χ0v) is 11.5. The van der Waals surface area contributed by atoms with Crippen LogP contribution in [0.1, 0.15) is 25.8 Å². The molecule has 102 valence electrons. The summed E-state index contributed by atoms with van der Waals surface area (Å²) in [6.07, 6.45) is 4.65. The van der Waals surface area contributed by atoms with Gasteiger partial charge in [-0.1, -0.05) is 19.9 Å². The number of halogens is 1. The SMILES string of the molecule is CCCn1cc(-c2cc(CNCC)ccc2F)cn1. The largest absolute Gasteiger partial charge is 0.313 e. The first-order valence-corrected chi connectivity index (χ1v) is 6.76. The fourth-order valence-corrected chi connectivity index (χ4v) is 2.03. The first-order valence-electron chi connectivity index (χ1n) is 6.76. The summed E-state index contributed by atoms with van der Waals surface area (Å²) in [6, 6.07) is 5.24. The first kappa shape index (κ1) is 13.7. The van der Waals surface area contributed by atoms with Crippen LogP contribution >= 0.6 is 0 Å². The van der Waals surface area contributed by atoms with Crippen LogP contribution in [0.3, 0.4) is 0 Å². The molecule has 0 fully saturated rings. The molecular formula is C15H20FN3. The highest BCUT2D eigenvalue weighted by Gasteiger charge is 2.08. The van der Waals surface area contributed by atoms with Crippen LogP contribution in [0.15, 0.2) is 30.6 Å². The Hall–Kier alpha value is -1.68. The Kier molecular flexibility index (Phi) is 4.68. The lowest BCUT2D eigenvalue weighted by Crippen LogP contribution is -2.11. The highest BCUT2D eigenvalue weighted by molar-refractivity contribution is 5.63. The molecule has 0 aliphatic heterocycles. The van der Waals surface area contributed by atoms with Gasteiger partial charge in [-0.25, -0.2) is 4.39 Å². The van der Waals surface area contributed by atoms with E-state index in [4.69, 9.17) is 0 Å². The second kappa shape index (κ2) is 6.48. The van der Waals surface area contributed by atoms with E-state index in [-0.39, 0.29) is 5.82 Å². The summed E-state index contributed by atoms with van der Waals surface area (Å²) < 4.78 is 15.8. The molecule has 1 heterocycles. The minimum atomic E-state index is -0.198. The molecule has 0 aliphatic carbocycles. The summed E-state index contributed by atoms with van der Waals surface area (Å²) in [4.78, 5) is 0. The number of hydrogen-bond acceptors (Lipinski definition) is 2. The first-order chi connectivity index (χ1) is 9.24. The van der Waals surface area contributed by atoms with Crippen molar-refractivity contribution in [2.75, 3.05) is 6.54 Å². The summed E-state index contributed by atoms with van der Waals surface area (Å²) in [7, 11) is 0. The van der Waals surface area contributed by atoms with Crippen molar-refractivity contribution in [2.45, 2.75) is 33.4 Å². The van der Waals surface area contributed by atoms with E-state index in [1.165, 1.54) is 6.07 Å².